The number of anilines is 2. The van der Waals surface area contributed by atoms with E-state index in [9.17, 15) is 13.2 Å². The van der Waals surface area contributed by atoms with Gasteiger partial charge in [0.2, 0.25) is 15.9 Å². The molecular weight excluding hydrogens is 411 g/mol. The van der Waals surface area contributed by atoms with Crippen molar-refractivity contribution in [3.05, 3.63) is 52.5 Å². The zero-order valence-electron chi connectivity index (χ0n) is 15.1. The molecule has 0 fully saturated rings. The summed E-state index contributed by atoms with van der Waals surface area (Å²) in [6.45, 7) is 1.71. The molecule has 0 radical (unpaired) electrons. The molecule has 1 atom stereocenters. The van der Waals surface area contributed by atoms with Gasteiger partial charge in [-0.2, -0.15) is 0 Å². The Morgan fingerprint density at radius 2 is 1.93 bits per heavy atom. The van der Waals surface area contributed by atoms with Crippen LogP contribution in [0.1, 0.15) is 13.3 Å². The summed E-state index contributed by atoms with van der Waals surface area (Å²) < 4.78 is 31.1. The average molecular weight is 431 g/mol. The van der Waals surface area contributed by atoms with E-state index in [1.807, 2.05) is 0 Å². The third-order valence-electron chi connectivity index (χ3n) is 3.81. The van der Waals surface area contributed by atoms with Gasteiger partial charge in [-0.15, -0.1) is 0 Å². The monoisotopic (exact) mass is 430 g/mol. The highest BCUT2D eigenvalue weighted by atomic mass is 35.5. The number of ether oxygens (including phenoxy) is 1. The lowest BCUT2D eigenvalue weighted by atomic mass is 10.1. The number of benzene rings is 2. The molecule has 1 N–H and O–H groups in total. The minimum atomic E-state index is -3.81. The van der Waals surface area contributed by atoms with Crippen LogP contribution in [0.15, 0.2) is 42.5 Å². The number of hydrogen-bond acceptors (Lipinski definition) is 4. The Labute approximate surface area is 169 Å². The Bertz CT molecular complexity index is 935. The summed E-state index contributed by atoms with van der Waals surface area (Å²) >= 11 is 12.2. The zero-order valence-corrected chi connectivity index (χ0v) is 17.4. The van der Waals surface area contributed by atoms with Crippen molar-refractivity contribution < 1.29 is 17.9 Å². The van der Waals surface area contributed by atoms with Gasteiger partial charge in [0.1, 0.15) is 11.8 Å². The van der Waals surface area contributed by atoms with Crippen molar-refractivity contribution >= 4 is 50.5 Å². The molecule has 0 saturated carbocycles. The van der Waals surface area contributed by atoms with E-state index in [0.717, 1.165) is 10.6 Å². The van der Waals surface area contributed by atoms with Crippen molar-refractivity contribution in [2.24, 2.45) is 0 Å². The zero-order chi connectivity index (χ0) is 20.2. The first-order valence-electron chi connectivity index (χ1n) is 8.06. The molecule has 0 bridgehead atoms. The number of carbonyl (C=O) groups is 1. The van der Waals surface area contributed by atoms with Crippen LogP contribution < -0.4 is 14.4 Å². The van der Waals surface area contributed by atoms with Gasteiger partial charge in [0, 0.05) is 16.8 Å². The molecular formula is C18H20Cl2N2O4S. The van der Waals surface area contributed by atoms with Gasteiger partial charge in [-0.3, -0.25) is 9.10 Å². The number of rotatable bonds is 7. The SMILES string of the molecule is CC[C@@H](C(=O)Nc1cccc(OC)c1)N(c1cc(Cl)ccc1Cl)S(C)(=O)=O. The van der Waals surface area contributed by atoms with Crippen molar-refractivity contribution in [1.82, 2.24) is 0 Å². The lowest BCUT2D eigenvalue weighted by Gasteiger charge is -2.30. The van der Waals surface area contributed by atoms with Gasteiger partial charge < -0.3 is 10.1 Å². The van der Waals surface area contributed by atoms with Gasteiger partial charge in [-0.25, -0.2) is 8.42 Å². The lowest BCUT2D eigenvalue weighted by Crippen LogP contribution is -2.47. The maximum atomic E-state index is 12.9. The third kappa shape index (κ3) is 5.28. The number of amides is 1. The number of hydrogen-bond donors (Lipinski definition) is 1. The Morgan fingerprint density at radius 3 is 2.52 bits per heavy atom. The van der Waals surface area contributed by atoms with Gasteiger partial charge in [-0.1, -0.05) is 36.2 Å². The summed E-state index contributed by atoms with van der Waals surface area (Å²) in [4.78, 5) is 12.9. The number of methoxy groups -OCH3 is 1. The van der Waals surface area contributed by atoms with Gasteiger partial charge in [0.25, 0.3) is 0 Å². The fourth-order valence-electron chi connectivity index (χ4n) is 2.62. The van der Waals surface area contributed by atoms with Gasteiger partial charge in [-0.05, 0) is 36.8 Å². The Morgan fingerprint density at radius 1 is 1.22 bits per heavy atom. The van der Waals surface area contributed by atoms with Crippen LogP contribution >= 0.6 is 23.2 Å². The molecule has 0 heterocycles. The Kier molecular flexibility index (Phi) is 6.97. The molecule has 0 aliphatic carbocycles. The van der Waals surface area contributed by atoms with E-state index in [2.05, 4.69) is 5.32 Å². The van der Waals surface area contributed by atoms with Gasteiger partial charge in [0.15, 0.2) is 0 Å². The lowest BCUT2D eigenvalue weighted by molar-refractivity contribution is -0.117. The van der Waals surface area contributed by atoms with Crippen molar-refractivity contribution in [1.29, 1.82) is 0 Å². The van der Waals surface area contributed by atoms with E-state index >= 15 is 0 Å². The molecule has 0 saturated heterocycles. The third-order valence-corrected chi connectivity index (χ3v) is 5.53. The van der Waals surface area contributed by atoms with Crippen molar-refractivity contribution in [2.75, 3.05) is 23.0 Å². The topological polar surface area (TPSA) is 75.7 Å². The molecule has 6 nitrogen and oxygen atoms in total. The van der Waals surface area contributed by atoms with Crippen molar-refractivity contribution in [3.8, 4) is 5.75 Å². The van der Waals surface area contributed by atoms with E-state index in [0.29, 0.717) is 16.5 Å². The summed E-state index contributed by atoms with van der Waals surface area (Å²) in [7, 11) is -2.30. The Hall–Kier alpha value is -1.96. The Balaban J connectivity index is 2.43. The fourth-order valence-corrected chi connectivity index (χ4v) is 4.26. The first kappa shape index (κ1) is 21.3. The van der Waals surface area contributed by atoms with Crippen LogP contribution in [0.4, 0.5) is 11.4 Å². The van der Waals surface area contributed by atoms with Crippen LogP contribution in [0.5, 0.6) is 5.75 Å². The van der Waals surface area contributed by atoms with Crippen LogP contribution in [0.2, 0.25) is 10.0 Å². The minimum absolute atomic E-state index is 0.152. The number of nitrogens with one attached hydrogen (secondary N) is 1. The van der Waals surface area contributed by atoms with E-state index < -0.39 is 22.0 Å². The summed E-state index contributed by atoms with van der Waals surface area (Å²) in [5, 5.41) is 3.21. The predicted molar refractivity (Wildman–Crippen MR) is 109 cm³/mol. The first-order valence-corrected chi connectivity index (χ1v) is 10.7. The van der Waals surface area contributed by atoms with E-state index in [-0.39, 0.29) is 17.1 Å². The summed E-state index contributed by atoms with van der Waals surface area (Å²) in [6.07, 6.45) is 1.25. The molecule has 2 aromatic rings. The standard InChI is InChI=1S/C18H20Cl2N2O4S/c1-4-16(18(23)21-13-6-5-7-14(11-13)26-2)22(27(3,24)25)17-10-12(19)8-9-15(17)20/h5-11,16H,4H2,1-3H3,(H,21,23)/t16-/m0/s1. The smallest absolute Gasteiger partial charge is 0.248 e. The number of carbonyl (C=O) groups excluding carboxylic acids is 1. The molecule has 0 aromatic heterocycles. The molecule has 0 aliphatic heterocycles. The second kappa shape index (κ2) is 8.82. The second-order valence-electron chi connectivity index (χ2n) is 5.80. The molecule has 9 heteroatoms. The molecule has 0 unspecified atom stereocenters. The van der Waals surface area contributed by atoms with Crippen LogP contribution in [-0.2, 0) is 14.8 Å². The molecule has 0 spiro atoms. The molecule has 2 rings (SSSR count). The number of halogens is 2. The number of sulfonamides is 1. The van der Waals surface area contributed by atoms with Crippen molar-refractivity contribution in [3.63, 3.8) is 0 Å². The predicted octanol–water partition coefficient (Wildman–Crippen LogP) is 4.19. The summed E-state index contributed by atoms with van der Waals surface area (Å²) in [5.74, 6) is 0.0749. The largest absolute Gasteiger partial charge is 0.497 e. The normalized spacial score (nSPS) is 12.3. The number of nitrogens with zero attached hydrogens (tertiary/aromatic N) is 1. The van der Waals surface area contributed by atoms with Gasteiger partial charge >= 0.3 is 0 Å². The van der Waals surface area contributed by atoms with Crippen molar-refractivity contribution in [2.45, 2.75) is 19.4 Å². The minimum Gasteiger partial charge on any atom is -0.497 e. The highest BCUT2D eigenvalue weighted by molar-refractivity contribution is 7.92. The van der Waals surface area contributed by atoms with Gasteiger partial charge in [0.05, 0.1) is 24.1 Å². The second-order valence-corrected chi connectivity index (χ2v) is 8.50. The summed E-state index contributed by atoms with van der Waals surface area (Å²) in [6, 6.07) is 10.2. The fraction of sp³-hybridized carbons (Fsp3) is 0.278. The molecule has 0 aliphatic rings. The van der Waals surface area contributed by atoms with E-state index in [4.69, 9.17) is 27.9 Å². The molecule has 146 valence electrons. The maximum Gasteiger partial charge on any atom is 0.248 e. The molecule has 2 aromatic carbocycles. The molecule has 1 amide bonds. The maximum absolute atomic E-state index is 12.9. The van der Waals surface area contributed by atoms with Crippen LogP contribution in [0.3, 0.4) is 0 Å². The quantitative estimate of drug-likeness (QED) is 0.714. The van der Waals surface area contributed by atoms with Crippen LogP contribution in [0, 0.1) is 0 Å². The highest BCUT2D eigenvalue weighted by Crippen LogP contribution is 2.33. The first-order chi connectivity index (χ1) is 12.7. The average Bonchev–Trinajstić information content (AvgIpc) is 2.61. The van der Waals surface area contributed by atoms with E-state index in [1.165, 1.54) is 19.2 Å². The van der Waals surface area contributed by atoms with Crippen LogP contribution in [-0.4, -0.2) is 33.7 Å². The van der Waals surface area contributed by atoms with E-state index in [1.54, 1.807) is 37.3 Å². The van der Waals surface area contributed by atoms with Crippen LogP contribution in [0.25, 0.3) is 0 Å². The summed E-state index contributed by atoms with van der Waals surface area (Å²) in [5.41, 5.74) is 0.641. The highest BCUT2D eigenvalue weighted by Gasteiger charge is 2.33. The molecule has 27 heavy (non-hydrogen) atoms.